The molecule has 0 fully saturated rings. The van der Waals surface area contributed by atoms with Crippen LogP contribution < -0.4 is 16.3 Å². The second-order valence-electron chi connectivity index (χ2n) is 4.56. The molecule has 0 aliphatic heterocycles. The second-order valence-corrected chi connectivity index (χ2v) is 4.97. The summed E-state index contributed by atoms with van der Waals surface area (Å²) >= 11 is 6.02. The van der Waals surface area contributed by atoms with E-state index in [2.05, 4.69) is 5.32 Å². The number of hydrogen-bond donors (Lipinski definition) is 2. The molecular formula is C13H11BClFN2O3. The molecule has 21 heavy (non-hydrogen) atoms. The second kappa shape index (κ2) is 5.61. The number of rotatable bonds is 3. The maximum absolute atomic E-state index is 14.1. The first-order valence-electron chi connectivity index (χ1n) is 5.97. The van der Waals surface area contributed by atoms with Gasteiger partial charge in [-0.05, 0) is 12.1 Å². The molecular weight excluding hydrogens is 297 g/mol. The highest BCUT2D eigenvalue weighted by molar-refractivity contribution is 6.37. The van der Waals surface area contributed by atoms with Crippen molar-refractivity contribution in [1.82, 2.24) is 4.57 Å². The van der Waals surface area contributed by atoms with E-state index in [-0.39, 0.29) is 5.56 Å². The average molecular weight is 309 g/mol. The number of aryl methyl sites for hydroxylation is 1. The molecule has 2 rings (SSSR count). The van der Waals surface area contributed by atoms with Gasteiger partial charge < -0.3 is 15.0 Å². The van der Waals surface area contributed by atoms with Gasteiger partial charge in [0, 0.05) is 13.2 Å². The van der Waals surface area contributed by atoms with Gasteiger partial charge in [-0.1, -0.05) is 23.1 Å². The van der Waals surface area contributed by atoms with Crippen LogP contribution in [0.25, 0.3) is 0 Å². The number of aromatic carboxylic acids is 1. The van der Waals surface area contributed by atoms with E-state index in [4.69, 9.17) is 16.7 Å². The van der Waals surface area contributed by atoms with Crippen molar-refractivity contribution in [2.45, 2.75) is 0 Å². The summed E-state index contributed by atoms with van der Waals surface area (Å²) < 4.78 is 15.0. The average Bonchev–Trinajstić information content (AvgIpc) is 2.41. The Morgan fingerprint density at radius 2 is 2.14 bits per heavy atom. The Kier molecular flexibility index (Phi) is 4.04. The molecule has 0 unspecified atom stereocenters. The minimum atomic E-state index is -1.35. The van der Waals surface area contributed by atoms with Crippen LogP contribution in [0.1, 0.15) is 10.4 Å². The van der Waals surface area contributed by atoms with E-state index in [1.807, 2.05) is 7.85 Å². The number of pyridine rings is 1. The number of nitrogens with one attached hydrogen (secondary N) is 1. The van der Waals surface area contributed by atoms with Crippen molar-refractivity contribution < 1.29 is 14.3 Å². The number of carboxylic acids is 1. The zero-order valence-electron chi connectivity index (χ0n) is 11.3. The van der Waals surface area contributed by atoms with E-state index in [9.17, 15) is 14.0 Å². The standard InChI is InChI=1S/C13H11BClFN2O3/c1-18-5-7(13(20)21)11(10(16)12(18)19)17-9-3-2-6(14)4-8(9)15/h2-5,17H,14H2,1H3,(H,20,21). The Balaban J connectivity index is 2.60. The lowest BCUT2D eigenvalue weighted by Crippen LogP contribution is -2.24. The Morgan fingerprint density at radius 1 is 1.48 bits per heavy atom. The van der Waals surface area contributed by atoms with Crippen LogP contribution in [0.15, 0.2) is 29.2 Å². The third-order valence-corrected chi connectivity index (χ3v) is 3.25. The van der Waals surface area contributed by atoms with Crippen LogP contribution in [0, 0.1) is 5.82 Å². The first kappa shape index (κ1) is 15.1. The smallest absolute Gasteiger partial charge is 0.339 e. The Hall–Kier alpha value is -2.28. The fourth-order valence-corrected chi connectivity index (χ4v) is 2.12. The lowest BCUT2D eigenvalue weighted by molar-refractivity contribution is 0.0696. The van der Waals surface area contributed by atoms with Crippen LogP contribution in [0.4, 0.5) is 15.8 Å². The minimum Gasteiger partial charge on any atom is -0.478 e. The van der Waals surface area contributed by atoms with Crippen LogP contribution in [0.5, 0.6) is 0 Å². The van der Waals surface area contributed by atoms with Gasteiger partial charge in [0.2, 0.25) is 5.82 Å². The van der Waals surface area contributed by atoms with Crippen LogP contribution >= 0.6 is 11.6 Å². The van der Waals surface area contributed by atoms with E-state index in [0.29, 0.717) is 10.7 Å². The normalized spacial score (nSPS) is 10.4. The summed E-state index contributed by atoms with van der Waals surface area (Å²) in [5.74, 6) is -2.52. The minimum absolute atomic E-state index is 0.298. The summed E-state index contributed by atoms with van der Waals surface area (Å²) in [6, 6.07) is 4.96. The highest BCUT2D eigenvalue weighted by Gasteiger charge is 2.20. The van der Waals surface area contributed by atoms with Gasteiger partial charge in [0.15, 0.2) is 0 Å². The van der Waals surface area contributed by atoms with Crippen molar-refractivity contribution >= 4 is 42.3 Å². The van der Waals surface area contributed by atoms with Crippen molar-refractivity contribution in [3.63, 3.8) is 0 Å². The molecule has 0 saturated carbocycles. The highest BCUT2D eigenvalue weighted by Crippen LogP contribution is 2.27. The van der Waals surface area contributed by atoms with Gasteiger partial charge in [-0.3, -0.25) is 4.79 Å². The van der Waals surface area contributed by atoms with Crippen LogP contribution in [-0.4, -0.2) is 23.5 Å². The van der Waals surface area contributed by atoms with Crippen molar-refractivity contribution in [3.8, 4) is 0 Å². The van der Waals surface area contributed by atoms with Gasteiger partial charge >= 0.3 is 5.97 Å². The number of halogens is 2. The quantitative estimate of drug-likeness (QED) is 0.826. The zero-order chi connectivity index (χ0) is 15.7. The van der Waals surface area contributed by atoms with Crippen LogP contribution in [0.2, 0.25) is 5.02 Å². The summed E-state index contributed by atoms with van der Waals surface area (Å²) in [5, 5.41) is 12.0. The Morgan fingerprint density at radius 3 is 2.71 bits per heavy atom. The number of carboxylic acid groups (broad SMARTS) is 1. The predicted octanol–water partition coefficient (Wildman–Crippen LogP) is 0.878. The first-order chi connectivity index (χ1) is 9.81. The van der Waals surface area contributed by atoms with Gasteiger partial charge in [0.1, 0.15) is 13.4 Å². The SMILES string of the molecule is Bc1ccc(Nc2c(C(=O)O)cn(C)c(=O)c2F)c(Cl)c1. The van der Waals surface area contributed by atoms with E-state index in [0.717, 1.165) is 16.2 Å². The molecule has 0 bridgehead atoms. The molecule has 0 aliphatic rings. The van der Waals surface area contributed by atoms with E-state index in [1.165, 1.54) is 7.05 Å². The summed E-state index contributed by atoms with van der Waals surface area (Å²) in [6.45, 7) is 0. The van der Waals surface area contributed by atoms with Crippen LogP contribution in [0.3, 0.4) is 0 Å². The maximum atomic E-state index is 14.1. The molecule has 108 valence electrons. The van der Waals surface area contributed by atoms with Gasteiger partial charge in [-0.15, -0.1) is 0 Å². The molecule has 0 amide bonds. The first-order valence-corrected chi connectivity index (χ1v) is 6.34. The molecule has 1 aromatic carbocycles. The van der Waals surface area contributed by atoms with E-state index in [1.54, 1.807) is 18.2 Å². The Labute approximate surface area is 125 Å². The summed E-state index contributed by atoms with van der Waals surface area (Å²) in [7, 11) is 3.11. The zero-order valence-corrected chi connectivity index (χ0v) is 12.0. The fourth-order valence-electron chi connectivity index (χ4n) is 1.84. The number of hydrogen-bond acceptors (Lipinski definition) is 3. The van der Waals surface area contributed by atoms with Gasteiger partial charge in [0.25, 0.3) is 5.56 Å². The maximum Gasteiger partial charge on any atom is 0.339 e. The van der Waals surface area contributed by atoms with Gasteiger partial charge in [0.05, 0.1) is 16.4 Å². The molecule has 0 radical (unpaired) electrons. The highest BCUT2D eigenvalue weighted by atomic mass is 35.5. The monoisotopic (exact) mass is 308 g/mol. The number of benzene rings is 1. The molecule has 0 saturated heterocycles. The van der Waals surface area contributed by atoms with Crippen LogP contribution in [-0.2, 0) is 7.05 Å². The molecule has 1 heterocycles. The number of carbonyl (C=O) groups is 1. The summed E-state index contributed by atoms with van der Waals surface area (Å²) in [5.41, 5.74) is -0.473. The largest absolute Gasteiger partial charge is 0.478 e. The molecule has 2 aromatic rings. The molecule has 5 nitrogen and oxygen atoms in total. The number of nitrogens with zero attached hydrogens (tertiary/aromatic N) is 1. The van der Waals surface area contributed by atoms with E-state index >= 15 is 0 Å². The topological polar surface area (TPSA) is 71.3 Å². The van der Waals surface area contributed by atoms with Crippen molar-refractivity contribution in [2.24, 2.45) is 7.05 Å². The molecule has 0 aliphatic carbocycles. The Bertz CT molecular complexity index is 792. The lowest BCUT2D eigenvalue weighted by atomic mass is 9.96. The van der Waals surface area contributed by atoms with Gasteiger partial charge in [-0.25, -0.2) is 4.79 Å². The molecule has 0 spiro atoms. The van der Waals surface area contributed by atoms with Crippen molar-refractivity contribution in [3.05, 3.63) is 51.2 Å². The fraction of sp³-hybridized carbons (Fsp3) is 0.0769. The third-order valence-electron chi connectivity index (χ3n) is 2.93. The summed E-state index contributed by atoms with van der Waals surface area (Å²) in [6.07, 6.45) is 1.05. The van der Waals surface area contributed by atoms with Crippen molar-refractivity contribution in [1.29, 1.82) is 0 Å². The predicted molar refractivity (Wildman–Crippen MR) is 81.5 cm³/mol. The molecule has 1 aromatic heterocycles. The third kappa shape index (κ3) is 2.92. The molecule has 8 heteroatoms. The van der Waals surface area contributed by atoms with Crippen molar-refractivity contribution in [2.75, 3.05) is 5.32 Å². The van der Waals surface area contributed by atoms with E-state index < -0.39 is 23.0 Å². The van der Waals surface area contributed by atoms with Gasteiger partial charge in [-0.2, -0.15) is 4.39 Å². The molecule has 0 atom stereocenters. The lowest BCUT2D eigenvalue weighted by Gasteiger charge is -2.13. The molecule has 2 N–H and O–H groups in total. The summed E-state index contributed by atoms with van der Waals surface area (Å²) in [4.78, 5) is 22.8. The number of aromatic nitrogens is 1. The number of anilines is 2.